The van der Waals surface area contributed by atoms with Crippen molar-refractivity contribution in [1.29, 1.82) is 0 Å². The molecule has 0 radical (unpaired) electrons. The molecule has 1 heterocycles. The Kier molecular flexibility index (Phi) is 5.83. The van der Waals surface area contributed by atoms with Gasteiger partial charge in [0.25, 0.3) is 0 Å². The number of ether oxygens (including phenoxy) is 1. The zero-order valence-corrected chi connectivity index (χ0v) is 15.7. The van der Waals surface area contributed by atoms with Gasteiger partial charge in [0.1, 0.15) is 5.75 Å². The average Bonchev–Trinajstić information content (AvgIpc) is 3.08. The molecule has 0 aliphatic carbocycles. The highest BCUT2D eigenvalue weighted by atomic mass is 32.2. The monoisotopic (exact) mass is 370 g/mol. The highest BCUT2D eigenvalue weighted by Gasteiger charge is 2.34. The second-order valence-corrected chi connectivity index (χ2v) is 7.05. The van der Waals surface area contributed by atoms with Crippen LogP contribution < -0.4 is 15.0 Å². The first-order chi connectivity index (χ1) is 12.6. The van der Waals surface area contributed by atoms with Gasteiger partial charge < -0.3 is 15.0 Å². The van der Waals surface area contributed by atoms with Crippen LogP contribution in [0, 0.1) is 5.92 Å². The van der Waals surface area contributed by atoms with Gasteiger partial charge >= 0.3 is 0 Å². The first kappa shape index (κ1) is 18.3. The van der Waals surface area contributed by atoms with E-state index in [1.807, 2.05) is 54.8 Å². The summed E-state index contributed by atoms with van der Waals surface area (Å²) in [6, 6.07) is 15.4. The van der Waals surface area contributed by atoms with Crippen LogP contribution in [0.4, 0.5) is 5.69 Å². The van der Waals surface area contributed by atoms with Crippen LogP contribution in [0.25, 0.3) is 0 Å². The van der Waals surface area contributed by atoms with Crippen LogP contribution in [0.2, 0.25) is 0 Å². The van der Waals surface area contributed by atoms with Crippen LogP contribution >= 0.6 is 11.8 Å². The predicted octanol–water partition coefficient (Wildman–Crippen LogP) is 3.09. The maximum atomic E-state index is 12.5. The minimum atomic E-state index is -0.324. The summed E-state index contributed by atoms with van der Waals surface area (Å²) in [6.45, 7) is 0.878. The fourth-order valence-corrected chi connectivity index (χ4v) is 3.38. The van der Waals surface area contributed by atoms with Crippen molar-refractivity contribution < 1.29 is 14.3 Å². The highest BCUT2D eigenvalue weighted by Crippen LogP contribution is 2.27. The maximum absolute atomic E-state index is 12.5. The van der Waals surface area contributed by atoms with Gasteiger partial charge in [-0.3, -0.25) is 9.59 Å². The number of amides is 2. The third-order valence-electron chi connectivity index (χ3n) is 4.51. The second-order valence-electron chi connectivity index (χ2n) is 6.17. The van der Waals surface area contributed by atoms with Crippen LogP contribution in [-0.4, -0.2) is 31.7 Å². The minimum Gasteiger partial charge on any atom is -0.497 e. The van der Waals surface area contributed by atoms with E-state index in [4.69, 9.17) is 4.74 Å². The number of thioether (sulfide) groups is 1. The van der Waals surface area contributed by atoms with Crippen molar-refractivity contribution in [3.63, 3.8) is 0 Å². The highest BCUT2D eigenvalue weighted by molar-refractivity contribution is 7.98. The average molecular weight is 370 g/mol. The normalized spacial score (nSPS) is 16.6. The lowest BCUT2D eigenvalue weighted by Crippen LogP contribution is -2.32. The molecule has 2 amide bonds. The lowest BCUT2D eigenvalue weighted by atomic mass is 10.1. The number of rotatable bonds is 6. The van der Waals surface area contributed by atoms with E-state index in [9.17, 15) is 9.59 Å². The van der Waals surface area contributed by atoms with E-state index in [0.29, 0.717) is 13.1 Å². The summed E-state index contributed by atoms with van der Waals surface area (Å²) in [6.07, 6.45) is 2.27. The van der Waals surface area contributed by atoms with Crippen molar-refractivity contribution >= 4 is 29.3 Å². The number of nitrogens with one attached hydrogen (secondary N) is 1. The lowest BCUT2D eigenvalue weighted by molar-refractivity contribution is -0.126. The number of benzene rings is 2. The summed E-state index contributed by atoms with van der Waals surface area (Å²) >= 11 is 1.68. The molecule has 1 aliphatic rings. The molecule has 5 nitrogen and oxygen atoms in total. The molecule has 1 atom stereocenters. The molecule has 3 rings (SSSR count). The molecule has 1 saturated heterocycles. The fraction of sp³-hybridized carbons (Fsp3) is 0.300. The van der Waals surface area contributed by atoms with E-state index < -0.39 is 0 Å². The summed E-state index contributed by atoms with van der Waals surface area (Å²) in [5, 5.41) is 2.94. The molecule has 26 heavy (non-hydrogen) atoms. The number of anilines is 1. The minimum absolute atomic E-state index is 0.0281. The number of methoxy groups -OCH3 is 1. The molecular formula is C20H22N2O3S. The van der Waals surface area contributed by atoms with Gasteiger partial charge in [-0.25, -0.2) is 0 Å². The first-order valence-corrected chi connectivity index (χ1v) is 9.68. The lowest BCUT2D eigenvalue weighted by Gasteiger charge is -2.17. The Morgan fingerprint density at radius 2 is 1.88 bits per heavy atom. The molecule has 0 spiro atoms. The Bertz CT molecular complexity index is 775. The Balaban J connectivity index is 1.57. The number of hydrogen-bond donors (Lipinski definition) is 1. The predicted molar refractivity (Wildman–Crippen MR) is 104 cm³/mol. The van der Waals surface area contributed by atoms with Crippen molar-refractivity contribution in [1.82, 2.24) is 5.32 Å². The SMILES string of the molecule is COc1ccc(N2CC(C(=O)NCc3ccc(SC)cc3)CC2=O)cc1. The molecule has 1 N–H and O–H groups in total. The Morgan fingerprint density at radius 3 is 2.50 bits per heavy atom. The number of carbonyl (C=O) groups excluding carboxylic acids is 2. The van der Waals surface area contributed by atoms with E-state index in [1.165, 1.54) is 4.90 Å². The van der Waals surface area contributed by atoms with Gasteiger partial charge in [-0.2, -0.15) is 0 Å². The maximum Gasteiger partial charge on any atom is 0.227 e. The van der Waals surface area contributed by atoms with E-state index >= 15 is 0 Å². The van der Waals surface area contributed by atoms with E-state index in [2.05, 4.69) is 5.32 Å². The molecule has 2 aromatic carbocycles. The number of hydrogen-bond acceptors (Lipinski definition) is 4. The molecule has 0 aromatic heterocycles. The molecule has 1 fully saturated rings. The number of carbonyl (C=O) groups is 2. The van der Waals surface area contributed by atoms with E-state index in [1.54, 1.807) is 23.8 Å². The Morgan fingerprint density at radius 1 is 1.19 bits per heavy atom. The first-order valence-electron chi connectivity index (χ1n) is 8.46. The summed E-state index contributed by atoms with van der Waals surface area (Å²) in [7, 11) is 1.60. The van der Waals surface area contributed by atoms with Crippen molar-refractivity contribution in [3.8, 4) is 5.75 Å². The summed E-state index contributed by atoms with van der Waals surface area (Å²) in [5.74, 6) is 0.306. The van der Waals surface area contributed by atoms with Crippen LogP contribution in [0.15, 0.2) is 53.4 Å². The fourth-order valence-electron chi connectivity index (χ4n) is 2.97. The van der Waals surface area contributed by atoms with Crippen molar-refractivity contribution in [2.45, 2.75) is 17.9 Å². The summed E-state index contributed by atoms with van der Waals surface area (Å²) in [5.41, 5.74) is 1.84. The molecule has 1 unspecified atom stereocenters. The van der Waals surface area contributed by atoms with Gasteiger partial charge in [-0.15, -0.1) is 11.8 Å². The molecular weight excluding hydrogens is 348 g/mol. The van der Waals surface area contributed by atoms with Crippen LogP contribution in [-0.2, 0) is 16.1 Å². The second kappa shape index (κ2) is 8.27. The van der Waals surface area contributed by atoms with Gasteiger partial charge in [0.15, 0.2) is 0 Å². The van der Waals surface area contributed by atoms with Gasteiger partial charge in [0.2, 0.25) is 11.8 Å². The van der Waals surface area contributed by atoms with E-state index in [-0.39, 0.29) is 24.2 Å². The molecule has 0 bridgehead atoms. The van der Waals surface area contributed by atoms with Crippen molar-refractivity contribution in [2.24, 2.45) is 5.92 Å². The molecule has 136 valence electrons. The molecule has 2 aromatic rings. The van der Waals surface area contributed by atoms with Crippen LogP contribution in [0.3, 0.4) is 0 Å². The van der Waals surface area contributed by atoms with Gasteiger partial charge in [0.05, 0.1) is 13.0 Å². The van der Waals surface area contributed by atoms with Crippen molar-refractivity contribution in [2.75, 3.05) is 24.8 Å². The number of nitrogens with zero attached hydrogens (tertiary/aromatic N) is 1. The van der Waals surface area contributed by atoms with E-state index in [0.717, 1.165) is 17.0 Å². The van der Waals surface area contributed by atoms with Gasteiger partial charge in [0, 0.05) is 30.1 Å². The zero-order chi connectivity index (χ0) is 18.5. The quantitative estimate of drug-likeness (QED) is 0.794. The van der Waals surface area contributed by atoms with Crippen molar-refractivity contribution in [3.05, 3.63) is 54.1 Å². The summed E-state index contributed by atoms with van der Waals surface area (Å²) < 4.78 is 5.14. The Hall–Kier alpha value is -2.47. The molecule has 1 aliphatic heterocycles. The largest absolute Gasteiger partial charge is 0.497 e. The van der Waals surface area contributed by atoms with Crippen LogP contribution in [0.1, 0.15) is 12.0 Å². The standard InChI is InChI=1S/C20H22N2O3S/c1-25-17-7-5-16(6-8-17)22-13-15(11-19(22)23)20(24)21-12-14-3-9-18(26-2)10-4-14/h3-10,15H,11-13H2,1-2H3,(H,21,24). The Labute approximate surface area is 157 Å². The zero-order valence-electron chi connectivity index (χ0n) is 14.9. The molecule has 6 heteroatoms. The third kappa shape index (κ3) is 4.19. The van der Waals surface area contributed by atoms with Gasteiger partial charge in [-0.05, 0) is 48.2 Å². The smallest absolute Gasteiger partial charge is 0.227 e. The van der Waals surface area contributed by atoms with Gasteiger partial charge in [-0.1, -0.05) is 12.1 Å². The topological polar surface area (TPSA) is 58.6 Å². The third-order valence-corrected chi connectivity index (χ3v) is 5.25. The molecule has 0 saturated carbocycles. The summed E-state index contributed by atoms with van der Waals surface area (Å²) in [4.78, 5) is 27.6. The van der Waals surface area contributed by atoms with Crippen LogP contribution in [0.5, 0.6) is 5.75 Å².